The van der Waals surface area contributed by atoms with Gasteiger partial charge in [-0.15, -0.1) is 0 Å². The largest absolute Gasteiger partial charge is 0.393 e. The van der Waals surface area contributed by atoms with Gasteiger partial charge in [0.2, 0.25) is 0 Å². The normalized spacial score (nSPS) is 37.8. The van der Waals surface area contributed by atoms with E-state index in [0.717, 1.165) is 43.3 Å². The molecular formula is C27H42O4. The topological polar surface area (TPSA) is 77.8 Å². The van der Waals surface area contributed by atoms with E-state index in [4.69, 9.17) is 0 Å². The number of aliphatic hydroxyl groups excluding tert-OH is 2. The maximum atomic E-state index is 12.9. The summed E-state index contributed by atoms with van der Waals surface area (Å²) < 4.78 is 0. The predicted octanol–water partition coefficient (Wildman–Crippen LogP) is 4.88. The van der Waals surface area contributed by atoms with Gasteiger partial charge in [0.25, 0.3) is 0 Å². The second kappa shape index (κ2) is 9.33. The number of ketones is 1. The summed E-state index contributed by atoms with van der Waals surface area (Å²) in [5, 5.41) is 30.1. The molecule has 0 aromatic heterocycles. The molecule has 4 heteroatoms. The van der Waals surface area contributed by atoms with Crippen molar-refractivity contribution in [3.8, 4) is 0 Å². The first-order chi connectivity index (χ1) is 14.4. The molecule has 4 nitrogen and oxygen atoms in total. The van der Waals surface area contributed by atoms with E-state index in [0.29, 0.717) is 37.5 Å². The quantitative estimate of drug-likeness (QED) is 0.561. The molecule has 0 saturated heterocycles. The number of hydrogen-bond acceptors (Lipinski definition) is 4. The predicted molar refractivity (Wildman–Crippen MR) is 124 cm³/mol. The molecule has 31 heavy (non-hydrogen) atoms. The average Bonchev–Trinajstić information content (AvgIpc) is 3.04. The fraction of sp³-hybridized carbons (Fsp3) is 0.741. The molecule has 6 atom stereocenters. The second-order valence-corrected chi connectivity index (χ2v) is 11.2. The lowest BCUT2D eigenvalue weighted by Gasteiger charge is -2.44. The molecule has 0 aromatic rings. The number of rotatable bonds is 6. The van der Waals surface area contributed by atoms with Crippen molar-refractivity contribution in [2.45, 2.75) is 103 Å². The number of fused-ring (bicyclic) bond motifs is 1. The molecule has 3 aliphatic rings. The maximum absolute atomic E-state index is 12.9. The molecule has 3 saturated carbocycles. The van der Waals surface area contributed by atoms with Crippen LogP contribution in [0.3, 0.4) is 0 Å². The van der Waals surface area contributed by atoms with Gasteiger partial charge in [-0.2, -0.15) is 0 Å². The molecule has 3 aliphatic carbocycles. The lowest BCUT2D eigenvalue weighted by Crippen LogP contribution is -2.38. The summed E-state index contributed by atoms with van der Waals surface area (Å²) in [7, 11) is 0. The summed E-state index contributed by atoms with van der Waals surface area (Å²) in [4.78, 5) is 12.9. The number of hydrogen-bond donors (Lipinski definition) is 3. The Hall–Kier alpha value is -1.23. The Kier molecular flexibility index (Phi) is 7.35. The maximum Gasteiger partial charge on any atom is 0.136 e. The summed E-state index contributed by atoms with van der Waals surface area (Å²) >= 11 is 0. The van der Waals surface area contributed by atoms with Crippen molar-refractivity contribution < 1.29 is 20.1 Å². The number of allylic oxidation sites excluding steroid dienone is 3. The molecule has 3 N–H and O–H groups in total. The van der Waals surface area contributed by atoms with Crippen LogP contribution in [-0.2, 0) is 4.79 Å². The Morgan fingerprint density at radius 3 is 2.68 bits per heavy atom. The third-order valence-corrected chi connectivity index (χ3v) is 8.40. The van der Waals surface area contributed by atoms with E-state index in [1.807, 2.05) is 0 Å². The Labute approximate surface area is 188 Å². The van der Waals surface area contributed by atoms with Crippen LogP contribution in [0.25, 0.3) is 0 Å². The van der Waals surface area contributed by atoms with Gasteiger partial charge in [-0.25, -0.2) is 0 Å². The Morgan fingerprint density at radius 1 is 1.29 bits per heavy atom. The molecule has 0 heterocycles. The van der Waals surface area contributed by atoms with Crippen molar-refractivity contribution in [2.75, 3.05) is 0 Å². The molecular weight excluding hydrogens is 388 g/mol. The van der Waals surface area contributed by atoms with Crippen LogP contribution in [0.2, 0.25) is 0 Å². The van der Waals surface area contributed by atoms with E-state index in [2.05, 4.69) is 32.6 Å². The zero-order valence-electron chi connectivity index (χ0n) is 19.9. The number of carbonyl (C=O) groups excluding carboxylic acids is 1. The molecule has 0 bridgehead atoms. The molecule has 0 radical (unpaired) electrons. The summed E-state index contributed by atoms with van der Waals surface area (Å²) in [6.07, 6.45) is 10.6. The highest BCUT2D eigenvalue weighted by Crippen LogP contribution is 2.59. The SMILES string of the molecule is C=C1/C(=C\C=C2CCC[C@@]3(C)C2CC[C@@H]3[C@H](C)C(=O)CCC(C)(C)O)C[C@@H](O)C[C@H]1O. The van der Waals surface area contributed by atoms with Gasteiger partial charge in [-0.3, -0.25) is 4.79 Å². The molecule has 3 fully saturated rings. The highest BCUT2D eigenvalue weighted by molar-refractivity contribution is 5.81. The fourth-order valence-corrected chi connectivity index (χ4v) is 6.45. The van der Waals surface area contributed by atoms with Crippen molar-refractivity contribution in [3.05, 3.63) is 35.5 Å². The van der Waals surface area contributed by atoms with Crippen LogP contribution in [-0.4, -0.2) is 38.9 Å². The van der Waals surface area contributed by atoms with Crippen LogP contribution in [0.5, 0.6) is 0 Å². The Bertz CT molecular complexity index is 756. The van der Waals surface area contributed by atoms with Crippen molar-refractivity contribution in [1.29, 1.82) is 0 Å². The summed E-state index contributed by atoms with van der Waals surface area (Å²) in [6.45, 7) is 12.0. The van der Waals surface area contributed by atoms with Gasteiger partial charge in [0.1, 0.15) is 5.78 Å². The van der Waals surface area contributed by atoms with Crippen molar-refractivity contribution in [1.82, 2.24) is 0 Å². The fourth-order valence-electron chi connectivity index (χ4n) is 6.45. The monoisotopic (exact) mass is 430 g/mol. The van der Waals surface area contributed by atoms with E-state index in [1.54, 1.807) is 13.8 Å². The minimum atomic E-state index is -0.796. The van der Waals surface area contributed by atoms with Crippen molar-refractivity contribution in [2.24, 2.45) is 23.2 Å². The Morgan fingerprint density at radius 2 is 2.00 bits per heavy atom. The van der Waals surface area contributed by atoms with Gasteiger partial charge in [0, 0.05) is 18.8 Å². The average molecular weight is 431 g/mol. The summed E-state index contributed by atoms with van der Waals surface area (Å²) in [5.41, 5.74) is 2.47. The van der Waals surface area contributed by atoms with Crippen LogP contribution >= 0.6 is 0 Å². The van der Waals surface area contributed by atoms with Crippen molar-refractivity contribution >= 4 is 5.78 Å². The molecule has 0 aromatic carbocycles. The standard InChI is InChI=1S/C27H42O4/c1-17-20(15-21(28)16-25(17)30)9-8-19-7-6-13-27(5)22(10-11-23(19)27)18(2)24(29)12-14-26(3,4)31/h8-9,18,21-23,25,28,30-31H,1,6-7,10-16H2,2-5H3/b19-8?,20-9-/t18-,21+,22+,23?,25+,27+/m0/s1. The highest BCUT2D eigenvalue weighted by atomic mass is 16.3. The molecule has 174 valence electrons. The van der Waals surface area contributed by atoms with Gasteiger partial charge in [0.15, 0.2) is 0 Å². The molecule has 1 unspecified atom stereocenters. The lowest BCUT2D eigenvalue weighted by molar-refractivity contribution is -0.126. The van der Waals surface area contributed by atoms with E-state index in [9.17, 15) is 20.1 Å². The Balaban J connectivity index is 1.75. The van der Waals surface area contributed by atoms with Crippen LogP contribution in [0.4, 0.5) is 0 Å². The number of Topliss-reactive ketones (excluding diaryl/α,β-unsaturated/α-hetero) is 1. The van der Waals surface area contributed by atoms with Gasteiger partial charge in [-0.05, 0) is 87.2 Å². The first-order valence-corrected chi connectivity index (χ1v) is 12.1. The van der Waals surface area contributed by atoms with Crippen LogP contribution in [0, 0.1) is 23.2 Å². The molecule has 0 spiro atoms. The number of carbonyl (C=O) groups is 1. The number of aliphatic hydroxyl groups is 3. The minimum Gasteiger partial charge on any atom is -0.393 e. The minimum absolute atomic E-state index is 0.0264. The van der Waals surface area contributed by atoms with Crippen LogP contribution in [0.15, 0.2) is 35.5 Å². The van der Waals surface area contributed by atoms with Gasteiger partial charge in [-0.1, -0.05) is 38.2 Å². The zero-order chi connectivity index (χ0) is 23.0. The molecule has 0 aliphatic heterocycles. The third-order valence-electron chi connectivity index (χ3n) is 8.40. The van der Waals surface area contributed by atoms with Crippen LogP contribution < -0.4 is 0 Å². The lowest BCUT2D eigenvalue weighted by atomic mass is 9.60. The van der Waals surface area contributed by atoms with Crippen molar-refractivity contribution in [3.63, 3.8) is 0 Å². The smallest absolute Gasteiger partial charge is 0.136 e. The van der Waals surface area contributed by atoms with Crippen LogP contribution in [0.1, 0.15) is 85.5 Å². The van der Waals surface area contributed by atoms with Gasteiger partial charge in [0.05, 0.1) is 17.8 Å². The van der Waals surface area contributed by atoms with E-state index >= 15 is 0 Å². The summed E-state index contributed by atoms with van der Waals surface area (Å²) in [5.74, 6) is 1.18. The molecule has 3 rings (SSSR count). The van der Waals surface area contributed by atoms with E-state index in [-0.39, 0.29) is 17.1 Å². The highest BCUT2D eigenvalue weighted by Gasteiger charge is 2.51. The first-order valence-electron chi connectivity index (χ1n) is 12.1. The summed E-state index contributed by atoms with van der Waals surface area (Å²) in [6, 6.07) is 0. The van der Waals surface area contributed by atoms with Gasteiger partial charge < -0.3 is 15.3 Å². The third kappa shape index (κ3) is 5.40. The molecule has 0 amide bonds. The first kappa shape index (κ1) is 24.4. The van der Waals surface area contributed by atoms with E-state index in [1.165, 1.54) is 5.57 Å². The zero-order valence-corrected chi connectivity index (χ0v) is 19.9. The van der Waals surface area contributed by atoms with E-state index < -0.39 is 17.8 Å². The second-order valence-electron chi connectivity index (χ2n) is 11.2. The van der Waals surface area contributed by atoms with Gasteiger partial charge >= 0.3 is 0 Å².